The molecule has 0 aromatic carbocycles. The predicted molar refractivity (Wildman–Crippen MR) is 46.7 cm³/mol. The van der Waals surface area contributed by atoms with Crippen molar-refractivity contribution in [1.82, 2.24) is 4.98 Å². The maximum atomic E-state index is 12.4. The van der Waals surface area contributed by atoms with Gasteiger partial charge in [-0.3, -0.25) is 0 Å². The number of aromatic nitrogens is 1. The first-order chi connectivity index (χ1) is 5.57. The zero-order valence-corrected chi connectivity index (χ0v) is 8.46. The van der Waals surface area contributed by atoms with E-state index < -0.39 is 5.92 Å². The lowest BCUT2D eigenvalue weighted by atomic mass is 9.82. The summed E-state index contributed by atoms with van der Waals surface area (Å²) in [7, 11) is 0. The van der Waals surface area contributed by atoms with Gasteiger partial charge in [-0.1, -0.05) is 0 Å². The van der Waals surface area contributed by atoms with E-state index in [2.05, 4.69) is 20.9 Å². The third-order valence-corrected chi connectivity index (χ3v) is 3.57. The van der Waals surface area contributed by atoms with Crippen molar-refractivity contribution in [3.05, 3.63) is 15.0 Å². The Labute approximate surface area is 80.9 Å². The van der Waals surface area contributed by atoms with Gasteiger partial charge in [-0.2, -0.15) is 0 Å². The number of nitrogens with zero attached hydrogens (tertiary/aromatic N) is 1. The van der Waals surface area contributed by atoms with E-state index in [0.29, 0.717) is 0 Å². The summed E-state index contributed by atoms with van der Waals surface area (Å²) in [6.45, 7) is 0. The molecule has 5 heteroatoms. The van der Waals surface area contributed by atoms with Crippen molar-refractivity contribution in [3.63, 3.8) is 0 Å². The molecule has 12 heavy (non-hydrogen) atoms. The van der Waals surface area contributed by atoms with Crippen LogP contribution in [0.2, 0.25) is 0 Å². The lowest BCUT2D eigenvalue weighted by Crippen LogP contribution is -2.33. The fourth-order valence-electron chi connectivity index (χ4n) is 1.29. The number of hydrogen-bond donors (Lipinski definition) is 0. The van der Waals surface area contributed by atoms with Crippen molar-refractivity contribution in [1.29, 1.82) is 0 Å². The van der Waals surface area contributed by atoms with Gasteiger partial charge < -0.3 is 0 Å². The summed E-state index contributed by atoms with van der Waals surface area (Å²) >= 11 is 4.70. The molecule has 0 amide bonds. The maximum Gasteiger partial charge on any atom is 0.249 e. The molecule has 0 unspecified atom stereocenters. The standard InChI is InChI=1S/C7H6BrF2NS/c8-5-3-11-6(12-5)4-1-7(9,10)2-4/h3-4H,1-2H2. The van der Waals surface area contributed by atoms with Crippen LogP contribution in [-0.2, 0) is 0 Å². The molecule has 2 rings (SSSR count). The Morgan fingerprint density at radius 2 is 2.25 bits per heavy atom. The Kier molecular flexibility index (Phi) is 1.95. The first-order valence-corrected chi connectivity index (χ1v) is 5.17. The molecule has 0 radical (unpaired) electrons. The molecule has 0 bridgehead atoms. The molecule has 1 aliphatic carbocycles. The van der Waals surface area contributed by atoms with Crippen molar-refractivity contribution in [2.75, 3.05) is 0 Å². The van der Waals surface area contributed by atoms with Crippen LogP contribution < -0.4 is 0 Å². The Bertz CT molecular complexity index is 291. The predicted octanol–water partition coefficient (Wildman–Crippen LogP) is 3.42. The van der Waals surface area contributed by atoms with Crippen LogP contribution in [-0.4, -0.2) is 10.9 Å². The van der Waals surface area contributed by atoms with Crippen LogP contribution in [0.1, 0.15) is 23.8 Å². The fourth-order valence-corrected chi connectivity index (χ4v) is 2.64. The zero-order valence-electron chi connectivity index (χ0n) is 6.06. The largest absolute Gasteiger partial charge is 0.249 e. The summed E-state index contributed by atoms with van der Waals surface area (Å²) in [6, 6.07) is 0. The average Bonchev–Trinajstić information content (AvgIpc) is 2.30. The van der Waals surface area contributed by atoms with Crippen LogP contribution in [0.15, 0.2) is 9.98 Å². The normalized spacial score (nSPS) is 22.2. The van der Waals surface area contributed by atoms with E-state index in [1.807, 2.05) is 0 Å². The fraction of sp³-hybridized carbons (Fsp3) is 0.571. The quantitative estimate of drug-likeness (QED) is 0.748. The van der Waals surface area contributed by atoms with E-state index in [1.165, 1.54) is 11.3 Å². The number of thiazole rings is 1. The van der Waals surface area contributed by atoms with Crippen LogP contribution >= 0.6 is 27.3 Å². The molecule has 1 aromatic heterocycles. The molecule has 0 atom stereocenters. The summed E-state index contributed by atoms with van der Waals surface area (Å²) in [5, 5.41) is 0.827. The highest BCUT2D eigenvalue weighted by atomic mass is 79.9. The molecule has 1 saturated carbocycles. The van der Waals surface area contributed by atoms with E-state index in [-0.39, 0.29) is 18.8 Å². The SMILES string of the molecule is FC1(F)CC(c2ncc(Br)s2)C1. The highest BCUT2D eigenvalue weighted by molar-refractivity contribution is 9.11. The van der Waals surface area contributed by atoms with Gasteiger partial charge in [-0.05, 0) is 15.9 Å². The topological polar surface area (TPSA) is 12.9 Å². The Morgan fingerprint density at radius 3 is 2.67 bits per heavy atom. The summed E-state index contributed by atoms with van der Waals surface area (Å²) < 4.78 is 25.8. The van der Waals surface area contributed by atoms with Gasteiger partial charge in [0.25, 0.3) is 0 Å². The van der Waals surface area contributed by atoms with Crippen molar-refractivity contribution in [2.24, 2.45) is 0 Å². The Balaban J connectivity index is 2.06. The van der Waals surface area contributed by atoms with Gasteiger partial charge in [0, 0.05) is 18.8 Å². The molecule has 1 aliphatic rings. The monoisotopic (exact) mass is 253 g/mol. The van der Waals surface area contributed by atoms with Crippen molar-refractivity contribution in [2.45, 2.75) is 24.7 Å². The van der Waals surface area contributed by atoms with Gasteiger partial charge >= 0.3 is 0 Å². The van der Waals surface area contributed by atoms with Crippen molar-refractivity contribution in [3.8, 4) is 0 Å². The highest BCUT2D eigenvalue weighted by Gasteiger charge is 2.47. The summed E-state index contributed by atoms with van der Waals surface area (Å²) in [5.41, 5.74) is 0. The molecular weight excluding hydrogens is 248 g/mol. The maximum absolute atomic E-state index is 12.4. The van der Waals surface area contributed by atoms with E-state index in [4.69, 9.17) is 0 Å². The minimum Gasteiger partial charge on any atom is -0.248 e. The molecule has 1 aromatic rings. The number of rotatable bonds is 1. The summed E-state index contributed by atoms with van der Waals surface area (Å²) in [5.74, 6) is -2.46. The highest BCUT2D eigenvalue weighted by Crippen LogP contribution is 2.49. The minimum atomic E-state index is -2.44. The number of halogens is 3. The van der Waals surface area contributed by atoms with Gasteiger partial charge in [0.05, 0.1) is 15.0 Å². The zero-order chi connectivity index (χ0) is 8.77. The van der Waals surface area contributed by atoms with Gasteiger partial charge in [0.1, 0.15) is 0 Å². The molecule has 1 fully saturated rings. The number of alkyl halides is 2. The Hall–Kier alpha value is -0.0300. The first-order valence-electron chi connectivity index (χ1n) is 3.56. The first kappa shape index (κ1) is 8.56. The van der Waals surface area contributed by atoms with Crippen LogP contribution in [0.3, 0.4) is 0 Å². The van der Waals surface area contributed by atoms with Crippen LogP contribution in [0.25, 0.3) is 0 Å². The molecule has 1 heterocycles. The van der Waals surface area contributed by atoms with Gasteiger partial charge in [0.2, 0.25) is 5.92 Å². The third-order valence-electron chi connectivity index (χ3n) is 1.93. The van der Waals surface area contributed by atoms with E-state index in [9.17, 15) is 8.78 Å². The van der Waals surface area contributed by atoms with Crippen LogP contribution in [0.5, 0.6) is 0 Å². The summed E-state index contributed by atoms with van der Waals surface area (Å²) in [6.07, 6.45) is 1.59. The van der Waals surface area contributed by atoms with Crippen molar-refractivity contribution >= 4 is 27.3 Å². The molecule has 0 saturated heterocycles. The van der Waals surface area contributed by atoms with Crippen LogP contribution in [0.4, 0.5) is 8.78 Å². The van der Waals surface area contributed by atoms with E-state index in [1.54, 1.807) is 6.20 Å². The molecule has 1 nitrogen and oxygen atoms in total. The van der Waals surface area contributed by atoms with Gasteiger partial charge in [0.15, 0.2) is 0 Å². The molecule has 0 N–H and O–H groups in total. The van der Waals surface area contributed by atoms with Crippen molar-refractivity contribution < 1.29 is 8.78 Å². The van der Waals surface area contributed by atoms with Gasteiger partial charge in [-0.15, -0.1) is 11.3 Å². The third kappa shape index (κ3) is 1.52. The second-order valence-electron chi connectivity index (χ2n) is 2.96. The smallest absolute Gasteiger partial charge is 0.248 e. The minimum absolute atomic E-state index is 0.0173. The second-order valence-corrected chi connectivity index (χ2v) is 5.41. The summed E-state index contributed by atoms with van der Waals surface area (Å²) in [4.78, 5) is 4.04. The molecule has 66 valence electrons. The lowest BCUT2D eigenvalue weighted by Gasteiger charge is -2.33. The average molecular weight is 254 g/mol. The van der Waals surface area contributed by atoms with Crippen LogP contribution in [0, 0.1) is 0 Å². The van der Waals surface area contributed by atoms with E-state index in [0.717, 1.165) is 8.79 Å². The lowest BCUT2D eigenvalue weighted by molar-refractivity contribution is -0.0867. The van der Waals surface area contributed by atoms with Gasteiger partial charge in [-0.25, -0.2) is 13.8 Å². The number of hydrogen-bond acceptors (Lipinski definition) is 2. The second kappa shape index (κ2) is 2.73. The molecular formula is C7H6BrF2NS. The van der Waals surface area contributed by atoms with E-state index >= 15 is 0 Å². The molecule has 0 spiro atoms. The Morgan fingerprint density at radius 1 is 1.58 bits per heavy atom. The molecule has 0 aliphatic heterocycles.